The van der Waals surface area contributed by atoms with Gasteiger partial charge in [-0.3, -0.25) is 0 Å². The van der Waals surface area contributed by atoms with E-state index in [1.54, 1.807) is 18.2 Å². The van der Waals surface area contributed by atoms with Crippen LogP contribution in [0, 0.1) is 0 Å². The molecule has 0 unspecified atom stereocenters. The van der Waals surface area contributed by atoms with Crippen molar-refractivity contribution in [2.75, 3.05) is 11.9 Å². The summed E-state index contributed by atoms with van der Waals surface area (Å²) in [6.45, 7) is 4.87. The Morgan fingerprint density at radius 2 is 2.10 bits per heavy atom. The standard InChI is InChI=1S/C14H15BrClN3O/c1-3-10-13(17-4-2)18-8-19-14(10)20-12-6-5-9(16)7-11(12)15/h5-8H,3-4H2,1-2H3,(H,17,18,19). The fourth-order valence-electron chi connectivity index (χ4n) is 1.78. The average Bonchev–Trinajstić information content (AvgIpc) is 2.42. The van der Waals surface area contributed by atoms with Crippen LogP contribution < -0.4 is 10.1 Å². The molecule has 0 atom stereocenters. The maximum Gasteiger partial charge on any atom is 0.227 e. The number of anilines is 1. The van der Waals surface area contributed by atoms with E-state index in [0.29, 0.717) is 16.7 Å². The van der Waals surface area contributed by atoms with Gasteiger partial charge in [-0.2, -0.15) is 0 Å². The van der Waals surface area contributed by atoms with Gasteiger partial charge in [0, 0.05) is 11.6 Å². The van der Waals surface area contributed by atoms with E-state index in [1.807, 2.05) is 13.8 Å². The summed E-state index contributed by atoms with van der Waals surface area (Å²) in [5, 5.41) is 3.86. The van der Waals surface area contributed by atoms with Gasteiger partial charge in [0.1, 0.15) is 17.9 Å². The lowest BCUT2D eigenvalue weighted by atomic mass is 10.2. The lowest BCUT2D eigenvalue weighted by Crippen LogP contribution is -2.05. The molecule has 2 rings (SSSR count). The summed E-state index contributed by atoms with van der Waals surface area (Å²) in [5.74, 6) is 2.04. The topological polar surface area (TPSA) is 47.0 Å². The number of nitrogens with one attached hydrogen (secondary N) is 1. The molecular weight excluding hydrogens is 342 g/mol. The van der Waals surface area contributed by atoms with Gasteiger partial charge in [0.15, 0.2) is 0 Å². The molecule has 1 N–H and O–H groups in total. The maximum absolute atomic E-state index is 5.92. The first-order chi connectivity index (χ1) is 9.65. The van der Waals surface area contributed by atoms with Gasteiger partial charge in [-0.15, -0.1) is 0 Å². The quantitative estimate of drug-likeness (QED) is 0.845. The molecule has 0 aliphatic rings. The minimum Gasteiger partial charge on any atom is -0.437 e. The molecule has 1 aromatic carbocycles. The molecule has 0 aliphatic heterocycles. The molecule has 106 valence electrons. The highest BCUT2D eigenvalue weighted by Crippen LogP contribution is 2.33. The molecule has 0 radical (unpaired) electrons. The predicted octanol–water partition coefficient (Wildman–Crippen LogP) is 4.68. The number of hydrogen-bond acceptors (Lipinski definition) is 4. The molecule has 0 bridgehead atoms. The Hall–Kier alpha value is -1.33. The second kappa shape index (κ2) is 6.90. The van der Waals surface area contributed by atoms with Gasteiger partial charge >= 0.3 is 0 Å². The lowest BCUT2D eigenvalue weighted by molar-refractivity contribution is 0.453. The van der Waals surface area contributed by atoms with E-state index in [-0.39, 0.29) is 0 Å². The first-order valence-corrected chi connectivity index (χ1v) is 7.53. The third kappa shape index (κ3) is 3.41. The number of nitrogens with zero attached hydrogens (tertiary/aromatic N) is 2. The van der Waals surface area contributed by atoms with Crippen LogP contribution in [0.2, 0.25) is 5.02 Å². The zero-order valence-electron chi connectivity index (χ0n) is 11.3. The lowest BCUT2D eigenvalue weighted by Gasteiger charge is -2.13. The Morgan fingerprint density at radius 3 is 2.75 bits per heavy atom. The minimum atomic E-state index is 0.557. The van der Waals surface area contributed by atoms with Crippen LogP contribution in [0.4, 0.5) is 5.82 Å². The van der Waals surface area contributed by atoms with Crippen molar-refractivity contribution in [2.45, 2.75) is 20.3 Å². The van der Waals surface area contributed by atoms with Crippen molar-refractivity contribution < 1.29 is 4.74 Å². The number of rotatable bonds is 5. The van der Waals surface area contributed by atoms with Crippen molar-refractivity contribution in [3.8, 4) is 11.6 Å². The molecule has 0 amide bonds. The molecule has 1 heterocycles. The smallest absolute Gasteiger partial charge is 0.227 e. The predicted molar refractivity (Wildman–Crippen MR) is 84.8 cm³/mol. The maximum atomic E-state index is 5.92. The molecule has 0 aliphatic carbocycles. The van der Waals surface area contributed by atoms with Crippen LogP contribution in [0.25, 0.3) is 0 Å². The van der Waals surface area contributed by atoms with Crippen LogP contribution in [0.3, 0.4) is 0 Å². The van der Waals surface area contributed by atoms with Gasteiger partial charge in [0.05, 0.1) is 10.0 Å². The third-order valence-corrected chi connectivity index (χ3v) is 3.56. The fourth-order valence-corrected chi connectivity index (χ4v) is 2.55. The zero-order chi connectivity index (χ0) is 14.5. The van der Waals surface area contributed by atoms with Crippen LogP contribution in [0.1, 0.15) is 19.4 Å². The van der Waals surface area contributed by atoms with Crippen molar-refractivity contribution in [1.29, 1.82) is 0 Å². The fraction of sp³-hybridized carbons (Fsp3) is 0.286. The first kappa shape index (κ1) is 15.1. The Bertz CT molecular complexity index is 607. The van der Waals surface area contributed by atoms with Crippen LogP contribution >= 0.6 is 27.5 Å². The summed E-state index contributed by atoms with van der Waals surface area (Å²) in [7, 11) is 0. The molecule has 2 aromatic rings. The minimum absolute atomic E-state index is 0.557. The van der Waals surface area contributed by atoms with Gasteiger partial charge in [0.25, 0.3) is 0 Å². The van der Waals surface area contributed by atoms with Gasteiger partial charge in [-0.1, -0.05) is 18.5 Å². The van der Waals surface area contributed by atoms with E-state index < -0.39 is 0 Å². The van der Waals surface area contributed by atoms with Crippen molar-refractivity contribution in [3.05, 3.63) is 39.6 Å². The summed E-state index contributed by atoms with van der Waals surface area (Å²) >= 11 is 9.36. The van der Waals surface area contributed by atoms with Crippen LogP contribution in [0.15, 0.2) is 29.0 Å². The van der Waals surface area contributed by atoms with Crippen molar-refractivity contribution >= 4 is 33.3 Å². The number of hydrogen-bond donors (Lipinski definition) is 1. The second-order valence-corrected chi connectivity index (χ2v) is 5.36. The van der Waals surface area contributed by atoms with E-state index in [2.05, 4.69) is 31.2 Å². The monoisotopic (exact) mass is 355 g/mol. The molecule has 0 spiro atoms. The molecule has 6 heteroatoms. The molecule has 0 saturated carbocycles. The van der Waals surface area contributed by atoms with E-state index in [4.69, 9.17) is 16.3 Å². The van der Waals surface area contributed by atoms with Crippen LogP contribution in [0.5, 0.6) is 11.6 Å². The SMILES string of the molecule is CCNc1ncnc(Oc2ccc(Cl)cc2Br)c1CC. The largest absolute Gasteiger partial charge is 0.437 e. The Balaban J connectivity index is 2.35. The van der Waals surface area contributed by atoms with Crippen molar-refractivity contribution in [2.24, 2.45) is 0 Å². The van der Waals surface area contributed by atoms with Gasteiger partial charge < -0.3 is 10.1 Å². The van der Waals surface area contributed by atoms with E-state index >= 15 is 0 Å². The summed E-state index contributed by atoms with van der Waals surface area (Å²) in [4.78, 5) is 8.47. The van der Waals surface area contributed by atoms with Crippen LogP contribution in [-0.2, 0) is 6.42 Å². The normalized spacial score (nSPS) is 10.4. The number of benzene rings is 1. The number of aromatic nitrogens is 2. The number of ether oxygens (including phenoxy) is 1. The highest BCUT2D eigenvalue weighted by atomic mass is 79.9. The Labute approximate surface area is 131 Å². The van der Waals surface area contributed by atoms with Crippen molar-refractivity contribution in [1.82, 2.24) is 9.97 Å². The highest BCUT2D eigenvalue weighted by molar-refractivity contribution is 9.10. The second-order valence-electron chi connectivity index (χ2n) is 4.07. The zero-order valence-corrected chi connectivity index (χ0v) is 13.6. The van der Waals surface area contributed by atoms with Gasteiger partial charge in [-0.05, 0) is 47.5 Å². The van der Waals surface area contributed by atoms with Crippen molar-refractivity contribution in [3.63, 3.8) is 0 Å². The van der Waals surface area contributed by atoms with Gasteiger partial charge in [-0.25, -0.2) is 9.97 Å². The molecule has 0 fully saturated rings. The summed E-state index contributed by atoms with van der Waals surface area (Å²) in [6.07, 6.45) is 2.28. The Kier molecular flexibility index (Phi) is 5.20. The average molecular weight is 357 g/mol. The number of halogens is 2. The summed E-state index contributed by atoms with van der Waals surface area (Å²) in [6, 6.07) is 5.37. The van der Waals surface area contributed by atoms with Crippen LogP contribution in [-0.4, -0.2) is 16.5 Å². The highest BCUT2D eigenvalue weighted by Gasteiger charge is 2.12. The molecule has 20 heavy (non-hydrogen) atoms. The van der Waals surface area contributed by atoms with E-state index in [0.717, 1.165) is 28.8 Å². The molecule has 0 saturated heterocycles. The summed E-state index contributed by atoms with van der Waals surface area (Å²) < 4.78 is 6.66. The van der Waals surface area contributed by atoms with E-state index in [1.165, 1.54) is 6.33 Å². The van der Waals surface area contributed by atoms with Gasteiger partial charge in [0.2, 0.25) is 5.88 Å². The molecular formula is C14H15BrClN3O. The molecule has 1 aromatic heterocycles. The molecule has 4 nitrogen and oxygen atoms in total. The van der Waals surface area contributed by atoms with E-state index in [9.17, 15) is 0 Å². The summed E-state index contributed by atoms with van der Waals surface area (Å²) in [5.41, 5.74) is 0.955. The Morgan fingerprint density at radius 1 is 1.30 bits per heavy atom. The third-order valence-electron chi connectivity index (χ3n) is 2.70. The first-order valence-electron chi connectivity index (χ1n) is 6.36.